The maximum Gasteiger partial charge on any atom is 0.357 e. The molecule has 38 heavy (non-hydrogen) atoms. The highest BCUT2D eigenvalue weighted by Crippen LogP contribution is 2.37. The minimum absolute atomic E-state index is 0.0265. The fraction of sp³-hybridized carbons (Fsp3) is 0.129. The Bertz CT molecular complexity index is 1600. The molecule has 0 unspecified atom stereocenters. The predicted molar refractivity (Wildman–Crippen MR) is 148 cm³/mol. The van der Waals surface area contributed by atoms with Crippen molar-refractivity contribution in [1.82, 2.24) is 0 Å². The van der Waals surface area contributed by atoms with Crippen LogP contribution in [0.1, 0.15) is 23.3 Å². The number of furan rings is 1. The van der Waals surface area contributed by atoms with Gasteiger partial charge < -0.3 is 14.4 Å². The van der Waals surface area contributed by atoms with Crippen LogP contribution in [0.5, 0.6) is 0 Å². The van der Waals surface area contributed by atoms with Crippen LogP contribution >= 0.6 is 0 Å². The summed E-state index contributed by atoms with van der Waals surface area (Å²) >= 11 is 0. The van der Waals surface area contributed by atoms with Crippen LogP contribution in [0.15, 0.2) is 100 Å². The van der Waals surface area contributed by atoms with Crippen LogP contribution in [-0.2, 0) is 16.0 Å². The molecule has 0 aliphatic carbocycles. The van der Waals surface area contributed by atoms with Gasteiger partial charge in [-0.05, 0) is 86.0 Å². The smallest absolute Gasteiger partial charge is 0.357 e. The molecule has 0 radical (unpaired) electrons. The van der Waals surface area contributed by atoms with E-state index in [0.717, 1.165) is 30.0 Å². The first-order chi connectivity index (χ1) is 18.5. The largest absolute Gasteiger partial charge is 0.476 e. The highest BCUT2D eigenvalue weighted by atomic mass is 16.4. The van der Waals surface area contributed by atoms with Crippen LogP contribution < -0.4 is 9.91 Å². The number of nitrogens with zero attached hydrogens (tertiary/aromatic N) is 3. The van der Waals surface area contributed by atoms with Gasteiger partial charge in [-0.2, -0.15) is 10.1 Å². The van der Waals surface area contributed by atoms with E-state index in [9.17, 15) is 14.7 Å². The normalized spacial score (nSPS) is 16.1. The van der Waals surface area contributed by atoms with Gasteiger partial charge >= 0.3 is 5.97 Å². The number of hydrogen-bond acceptors (Lipinski definition) is 5. The van der Waals surface area contributed by atoms with Crippen molar-refractivity contribution in [1.29, 1.82) is 0 Å². The standard InChI is InChI=1S/C31H25N3O4/c1-20-9-12-23(13-10-20)33-17-5-6-21-18-22(11-15-27(21)33)28-16-14-25(38-28)19-26-29(31(36)37)32-34(30(26)35)24-7-3-2-4-8-24/h2-4,7-16,18-19H,5-6,17H2,1H3,(H,36,37). The summed E-state index contributed by atoms with van der Waals surface area (Å²) in [5.74, 6) is -0.767. The molecule has 0 saturated carbocycles. The Morgan fingerprint density at radius 3 is 2.53 bits per heavy atom. The lowest BCUT2D eigenvalue weighted by Gasteiger charge is -2.31. The fourth-order valence-corrected chi connectivity index (χ4v) is 4.92. The summed E-state index contributed by atoms with van der Waals surface area (Å²) in [5.41, 5.74) is 5.93. The molecule has 3 heterocycles. The Balaban J connectivity index is 1.29. The highest BCUT2D eigenvalue weighted by molar-refractivity contribution is 6.53. The predicted octanol–water partition coefficient (Wildman–Crippen LogP) is 6.21. The van der Waals surface area contributed by atoms with Crippen LogP contribution in [0.3, 0.4) is 0 Å². The van der Waals surface area contributed by atoms with Crippen molar-refractivity contribution in [2.24, 2.45) is 5.10 Å². The van der Waals surface area contributed by atoms with Gasteiger partial charge in [0, 0.05) is 23.5 Å². The zero-order chi connectivity index (χ0) is 26.2. The second-order valence-corrected chi connectivity index (χ2v) is 9.40. The van der Waals surface area contributed by atoms with Gasteiger partial charge in [-0.1, -0.05) is 35.9 Å². The number of hydrazone groups is 1. The molecule has 6 rings (SSSR count). The van der Waals surface area contributed by atoms with Crippen molar-refractivity contribution < 1.29 is 19.1 Å². The van der Waals surface area contributed by atoms with Crippen LogP contribution in [0.2, 0.25) is 0 Å². The molecule has 1 N–H and O–H groups in total. The van der Waals surface area contributed by atoms with E-state index in [4.69, 9.17) is 4.42 Å². The van der Waals surface area contributed by atoms with Crippen molar-refractivity contribution in [3.8, 4) is 11.3 Å². The number of hydrogen-bond donors (Lipinski definition) is 1. The van der Waals surface area contributed by atoms with E-state index in [1.165, 1.54) is 28.6 Å². The molecule has 0 atom stereocenters. The first kappa shape index (κ1) is 23.5. The van der Waals surface area contributed by atoms with Crippen molar-refractivity contribution in [3.63, 3.8) is 0 Å². The first-order valence-electron chi connectivity index (χ1n) is 12.5. The monoisotopic (exact) mass is 503 g/mol. The van der Waals surface area contributed by atoms with E-state index in [1.54, 1.807) is 30.3 Å². The average molecular weight is 504 g/mol. The van der Waals surface area contributed by atoms with Crippen molar-refractivity contribution in [3.05, 3.63) is 107 Å². The van der Waals surface area contributed by atoms with Crippen LogP contribution in [-0.4, -0.2) is 29.2 Å². The number of para-hydroxylation sites is 1. The number of fused-ring (bicyclic) bond motifs is 1. The summed E-state index contributed by atoms with van der Waals surface area (Å²) in [7, 11) is 0. The quantitative estimate of drug-likeness (QED) is 0.327. The Hall–Kier alpha value is -4.91. The molecule has 0 spiro atoms. The Kier molecular flexibility index (Phi) is 5.88. The summed E-state index contributed by atoms with van der Waals surface area (Å²) in [6, 6.07) is 27.2. The third-order valence-corrected chi connectivity index (χ3v) is 6.82. The lowest BCUT2D eigenvalue weighted by molar-refractivity contribution is -0.129. The Morgan fingerprint density at radius 2 is 1.76 bits per heavy atom. The molecule has 0 saturated heterocycles. The zero-order valence-corrected chi connectivity index (χ0v) is 20.8. The maximum atomic E-state index is 13.1. The number of rotatable bonds is 5. The third kappa shape index (κ3) is 4.28. The van der Waals surface area contributed by atoms with Crippen LogP contribution in [0, 0.1) is 6.92 Å². The van der Waals surface area contributed by atoms with Gasteiger partial charge in [0.25, 0.3) is 5.91 Å². The number of aryl methyl sites for hydroxylation is 2. The molecule has 7 heteroatoms. The number of carbonyl (C=O) groups excluding carboxylic acids is 1. The van der Waals surface area contributed by atoms with E-state index in [-0.39, 0.29) is 11.3 Å². The van der Waals surface area contributed by atoms with Gasteiger partial charge in [-0.15, -0.1) is 0 Å². The van der Waals surface area contributed by atoms with E-state index in [0.29, 0.717) is 17.2 Å². The SMILES string of the molecule is Cc1ccc(N2CCCc3cc(-c4ccc(C=C5C(=O)N(c6ccccc6)N=C5C(=O)O)o4)ccc32)cc1. The van der Waals surface area contributed by atoms with E-state index < -0.39 is 11.9 Å². The minimum atomic E-state index is -1.28. The van der Waals surface area contributed by atoms with Crippen molar-refractivity contribution in [2.75, 3.05) is 16.5 Å². The Morgan fingerprint density at radius 1 is 0.974 bits per heavy atom. The van der Waals surface area contributed by atoms with Crippen LogP contribution in [0.4, 0.5) is 17.1 Å². The number of carboxylic acid groups (broad SMARTS) is 1. The van der Waals surface area contributed by atoms with Gasteiger partial charge in [0.05, 0.1) is 11.3 Å². The molecule has 188 valence electrons. The number of aliphatic carboxylic acids is 1. The molecular weight excluding hydrogens is 478 g/mol. The van der Waals surface area contributed by atoms with Gasteiger partial charge in [-0.3, -0.25) is 4.79 Å². The molecule has 2 aliphatic heterocycles. The number of carbonyl (C=O) groups is 2. The lowest BCUT2D eigenvalue weighted by Crippen LogP contribution is -2.24. The fourth-order valence-electron chi connectivity index (χ4n) is 4.92. The molecule has 7 nitrogen and oxygen atoms in total. The average Bonchev–Trinajstić information content (AvgIpc) is 3.54. The third-order valence-electron chi connectivity index (χ3n) is 6.82. The molecule has 0 fully saturated rings. The molecule has 3 aromatic carbocycles. The number of carboxylic acids is 1. The summed E-state index contributed by atoms with van der Waals surface area (Å²) in [6.07, 6.45) is 3.47. The summed E-state index contributed by atoms with van der Waals surface area (Å²) in [4.78, 5) is 27.3. The van der Waals surface area contributed by atoms with Crippen molar-refractivity contribution >= 4 is 40.7 Å². The summed E-state index contributed by atoms with van der Waals surface area (Å²) < 4.78 is 6.06. The minimum Gasteiger partial charge on any atom is -0.476 e. The van der Waals surface area contributed by atoms with E-state index in [1.807, 2.05) is 18.2 Å². The highest BCUT2D eigenvalue weighted by Gasteiger charge is 2.35. The van der Waals surface area contributed by atoms with Gasteiger partial charge in [0.2, 0.25) is 0 Å². The van der Waals surface area contributed by atoms with E-state index in [2.05, 4.69) is 53.3 Å². The first-order valence-corrected chi connectivity index (χ1v) is 12.5. The van der Waals surface area contributed by atoms with Crippen LogP contribution in [0.25, 0.3) is 17.4 Å². The lowest BCUT2D eigenvalue weighted by atomic mass is 9.97. The second kappa shape index (κ2) is 9.52. The molecule has 0 bridgehead atoms. The molecule has 1 amide bonds. The van der Waals surface area contributed by atoms with Gasteiger partial charge in [0.15, 0.2) is 5.71 Å². The molecule has 4 aromatic rings. The van der Waals surface area contributed by atoms with Crippen molar-refractivity contribution in [2.45, 2.75) is 19.8 Å². The van der Waals surface area contributed by atoms with E-state index >= 15 is 0 Å². The second-order valence-electron chi connectivity index (χ2n) is 9.40. The summed E-state index contributed by atoms with van der Waals surface area (Å²) in [6.45, 7) is 3.06. The molecule has 1 aromatic heterocycles. The molecule has 2 aliphatic rings. The molecular formula is C31H25N3O4. The summed E-state index contributed by atoms with van der Waals surface area (Å²) in [5, 5.41) is 14.8. The number of amides is 1. The topological polar surface area (TPSA) is 86.4 Å². The zero-order valence-electron chi connectivity index (χ0n) is 20.8. The van der Waals surface area contributed by atoms with Gasteiger partial charge in [0.1, 0.15) is 11.5 Å². The number of anilines is 3. The number of benzene rings is 3. The van der Waals surface area contributed by atoms with Gasteiger partial charge in [-0.25, -0.2) is 4.79 Å². The maximum absolute atomic E-state index is 13.1. The Labute approximate surface area is 219 Å².